The number of aliphatic hydroxyl groups is 1. The summed E-state index contributed by atoms with van der Waals surface area (Å²) in [6, 6.07) is 11.2. The number of carboxylic acids is 2. The van der Waals surface area contributed by atoms with Gasteiger partial charge in [-0.05, 0) is 164 Å². The molecule has 11 rings (SSSR count). The maximum atomic E-state index is 13.9. The van der Waals surface area contributed by atoms with Gasteiger partial charge in [0.15, 0.2) is 0 Å². The number of carbonyl (C=O) groups is 14. The van der Waals surface area contributed by atoms with Crippen LogP contribution in [0.25, 0.3) is 0 Å². The molecule has 0 radical (unpaired) electrons. The van der Waals surface area contributed by atoms with Crippen LogP contribution >= 0.6 is 23.2 Å². The Bertz CT molecular complexity index is 4690. The number of nitrogens with one attached hydrogen (secondary N) is 9. The number of sulfonamides is 2. The first kappa shape index (κ1) is 108. The van der Waals surface area contributed by atoms with Crippen LogP contribution in [0.3, 0.4) is 0 Å². The minimum Gasteiger partial charge on any atom is -0.479 e. The molecule has 0 bridgehead atoms. The molecule has 2 aromatic rings. The number of aliphatic carboxylic acids is 2. The molecule has 0 unspecified atom stereocenters. The van der Waals surface area contributed by atoms with Gasteiger partial charge in [-0.15, -0.1) is 23.2 Å². The molecule has 6 fully saturated rings. The third kappa shape index (κ3) is 33.9. The van der Waals surface area contributed by atoms with Crippen molar-refractivity contribution in [2.45, 2.75) is 285 Å². The molecule has 43 heteroatoms. The number of anilines is 2. The van der Waals surface area contributed by atoms with Gasteiger partial charge in [-0.25, -0.2) is 45.9 Å². The van der Waals surface area contributed by atoms with Gasteiger partial charge in [-0.2, -0.15) is 0 Å². The second kappa shape index (κ2) is 48.1. The van der Waals surface area contributed by atoms with Crippen LogP contribution < -0.4 is 52.4 Å². The van der Waals surface area contributed by atoms with Crippen molar-refractivity contribution in [1.82, 2.24) is 51.3 Å². The highest BCUT2D eigenvalue weighted by molar-refractivity contribution is 7.90. The quantitative estimate of drug-likeness (QED) is 0.0507. The number of nitrogens with two attached hydrogens (primary N) is 1. The zero-order valence-corrected chi connectivity index (χ0v) is 79.1. The number of hydrogen-bond acceptors (Lipinski definition) is 24. The second-order valence-corrected chi connectivity index (χ2v) is 40.9. The van der Waals surface area contributed by atoms with Crippen LogP contribution in [0.2, 0.25) is 0 Å². The molecule has 39 nitrogen and oxygen atoms in total. The molecule has 0 spiro atoms. The highest BCUT2D eigenvalue weighted by Crippen LogP contribution is 2.48. The van der Waals surface area contributed by atoms with Gasteiger partial charge in [-0.1, -0.05) is 111 Å². The number of fused-ring (bicyclic) bond motifs is 6. The predicted molar refractivity (Wildman–Crippen MR) is 483 cm³/mol. The van der Waals surface area contributed by atoms with Crippen LogP contribution in [-0.4, -0.2) is 269 Å². The predicted octanol–water partition coefficient (Wildman–Crippen LogP) is 6.61. The maximum absolute atomic E-state index is 13.9. The zero-order chi connectivity index (χ0) is 97.2. The summed E-state index contributed by atoms with van der Waals surface area (Å²) in [5.41, 5.74) is -5.64. The number of alkyl carbamates (subject to hydrolysis) is 3. The number of halogens is 2. The van der Waals surface area contributed by atoms with Gasteiger partial charge in [-0.3, -0.25) is 47.9 Å². The smallest absolute Gasteiger partial charge is 0.408 e. The van der Waals surface area contributed by atoms with Gasteiger partial charge in [0.1, 0.15) is 81.2 Å². The van der Waals surface area contributed by atoms with Gasteiger partial charge in [0.25, 0.3) is 5.91 Å². The molecule has 2 aromatic carbocycles. The van der Waals surface area contributed by atoms with E-state index < -0.39 is 203 Å². The fourth-order valence-electron chi connectivity index (χ4n) is 16.0. The monoisotopic (exact) mass is 1920 g/mol. The van der Waals surface area contributed by atoms with E-state index in [1.54, 1.807) is 129 Å². The molecule has 9 aliphatic rings. The molecule has 15 atom stereocenters. The molecule has 6 heterocycles. The molecule has 6 aliphatic heterocycles. The van der Waals surface area contributed by atoms with Crippen molar-refractivity contribution < 1.29 is 123 Å². The standard InChI is InChI=1S/C32H45N5O9S.C24H37N3O7.C23H35N3O7.C8H10N2O3S.CH2Cl2/c1-31(2,3)46-30(42)34-24-16-12-7-5-6-9-13-21-18-32(21,35-27(39)25-17-23(45-4)19-37(25)28(24)40)29(41)36-47(43,44)20-26(38)33-22-14-10-8-11-15-22;1-23(2,3)34-22(32)25-17-11-9-7-5-6-8-10-15-13-24(15,21(30)31)26-19(28)18-12-16(33-4)14-27(18)20(17)29;1-22(2,3)33-21(32)24-16-10-8-6-4-5-7-9-14-12-23(14,20(30)31)25-18(28)17-11-15(27)13-26(17)19(16)29;9-14(12,13)6-8(11)10-7-4-2-1-3-5-7;2-1-3/h8-11,13-15,21,23-25H,5-7,12,16-20H2,1-4H3,(H,33,38)(H,34,42)(H,35,39)(H,36,41);8,10,15-18H,5-7,9,11-14H2,1-4H3,(H,25,32)(H,26,28)(H,30,31);7,9,14-17,27H,4-6,8,10-13H2,1-3H3,(H,24,32)(H,25,28)(H,30,31);1-5H,6H2,(H,10,11)(H2,9,12,13);1H2/b13-9-;10-8-;9-7-;;/t21-,23-,24+,25+,32-;15-,16-,17+,18+,24-;14-,15-,16+,17+,23-;;/m111../s1. The Labute approximate surface area is 774 Å². The first-order valence-electron chi connectivity index (χ1n) is 43.8. The lowest BCUT2D eigenvalue weighted by atomic mass is 10.0. The molecular weight excluding hydrogens is 1790 g/mol. The van der Waals surface area contributed by atoms with Gasteiger partial charge in [0, 0.05) is 82.2 Å². The van der Waals surface area contributed by atoms with Crippen molar-refractivity contribution in [2.24, 2.45) is 22.9 Å². The van der Waals surface area contributed by atoms with Gasteiger partial charge < -0.3 is 96.2 Å². The fourth-order valence-corrected chi connectivity index (χ4v) is 17.4. The van der Waals surface area contributed by atoms with Crippen molar-refractivity contribution >= 4 is 138 Å². The molecule has 3 saturated heterocycles. The minimum absolute atomic E-state index is 0.00688. The fraction of sp³-hybridized carbons (Fsp3) is 0.636. The van der Waals surface area contributed by atoms with Crippen LogP contribution in [0.5, 0.6) is 0 Å². The molecule has 728 valence electrons. The average molecular weight is 1920 g/mol. The third-order valence-electron chi connectivity index (χ3n) is 22.7. The summed E-state index contributed by atoms with van der Waals surface area (Å²) >= 11 is 9.53. The van der Waals surface area contributed by atoms with Crippen LogP contribution in [0.15, 0.2) is 97.1 Å². The molecule has 14 N–H and O–H groups in total. The first-order chi connectivity index (χ1) is 61.4. The highest BCUT2D eigenvalue weighted by Gasteiger charge is 2.64. The largest absolute Gasteiger partial charge is 0.479 e. The Morgan fingerprint density at radius 2 is 0.786 bits per heavy atom. The number of primary sulfonamides is 1. The SMILES string of the molecule is CC(C)(C)OC(=O)N[C@H]1CCCCC/C=C\[C@@H]2C[C@@]2(C(=O)O)NC(=O)[C@@H]2C[C@@H](O)CN2C1=O.CO[C@@H]1C[C@H]2C(=O)N[C@]3(C(=O)NS(=O)(=O)CC(=O)Nc4ccccc4)C[C@H]3/C=C\CCCCC[C@H](NC(=O)OC(C)(C)C)C(=O)N2C1.CO[C@@H]1C[C@H]2C(=O)N[C@]3(C(=O)O)C[C@H]3/C=C\CCCCC[C@H](NC(=O)OC(C)(C)C)C(=O)N2C1.ClCCl.NS(=O)(=O)CC(=O)Nc1ccccc1. The third-order valence-corrected chi connectivity index (χ3v) is 24.5. The molecule has 131 heavy (non-hydrogen) atoms. The topological polar surface area (TPSA) is 558 Å². The van der Waals surface area contributed by atoms with E-state index >= 15 is 0 Å². The summed E-state index contributed by atoms with van der Waals surface area (Å²) in [5, 5.41) is 55.6. The number of nitrogens with zero attached hydrogens (tertiary/aromatic N) is 3. The summed E-state index contributed by atoms with van der Waals surface area (Å²) in [4.78, 5) is 184. The number of para-hydroxylation sites is 2. The average Bonchev–Trinajstić information content (AvgIpc) is 1.61. The first-order valence-corrected chi connectivity index (χ1v) is 48.3. The number of amides is 12. The Morgan fingerprint density at radius 3 is 1.11 bits per heavy atom. The normalized spacial score (nSPS) is 28.5. The number of rotatable bonds is 15. The molecule has 12 amide bonds. The molecule has 3 aliphatic carbocycles. The van der Waals surface area contributed by atoms with Crippen LogP contribution in [0.1, 0.15) is 197 Å². The van der Waals surface area contributed by atoms with E-state index in [4.69, 9.17) is 52.0 Å². The lowest BCUT2D eigenvalue weighted by Gasteiger charge is -2.30. The number of aliphatic hydroxyl groups excluding tert-OH is 1. The van der Waals surface area contributed by atoms with E-state index in [-0.39, 0.29) is 75.0 Å². The van der Waals surface area contributed by atoms with Crippen LogP contribution in [0, 0.1) is 17.8 Å². The maximum Gasteiger partial charge on any atom is 0.408 e. The van der Waals surface area contributed by atoms with Crippen molar-refractivity contribution in [3.8, 4) is 0 Å². The van der Waals surface area contributed by atoms with Gasteiger partial charge in [0.2, 0.25) is 67.3 Å². The summed E-state index contributed by atoms with van der Waals surface area (Å²) in [6.07, 6.45) is 18.7. The van der Waals surface area contributed by atoms with Crippen molar-refractivity contribution in [3.63, 3.8) is 0 Å². The number of carbonyl (C=O) groups excluding carboxylic acids is 12. The highest BCUT2D eigenvalue weighted by atomic mass is 35.5. The van der Waals surface area contributed by atoms with Crippen molar-refractivity contribution in [1.29, 1.82) is 0 Å². The summed E-state index contributed by atoms with van der Waals surface area (Å²) < 4.78 is 75.9. The number of ether oxygens (including phenoxy) is 5. The van der Waals surface area contributed by atoms with Crippen LogP contribution in [0.4, 0.5) is 25.8 Å². The van der Waals surface area contributed by atoms with Crippen LogP contribution in [-0.2, 0) is 96.5 Å². The summed E-state index contributed by atoms with van der Waals surface area (Å²) in [5.74, 6) is -10.6. The number of carboxylic acid groups (broad SMARTS) is 2. The summed E-state index contributed by atoms with van der Waals surface area (Å²) in [6.45, 7) is 15.7. The second-order valence-electron chi connectivity index (χ2n) is 36.7. The lowest BCUT2D eigenvalue weighted by Crippen LogP contribution is -2.58. The number of alkyl halides is 2. The minimum atomic E-state index is -4.44. The number of allylic oxidation sites excluding steroid dienone is 3. The molecule has 0 aromatic heterocycles. The summed E-state index contributed by atoms with van der Waals surface area (Å²) in [7, 11) is -5.22. The Morgan fingerprint density at radius 1 is 0.473 bits per heavy atom. The van der Waals surface area contributed by atoms with E-state index in [9.17, 15) is 99.3 Å². The van der Waals surface area contributed by atoms with E-state index in [1.807, 2.05) is 35.1 Å². The number of benzene rings is 2. The van der Waals surface area contributed by atoms with Gasteiger partial charge >= 0.3 is 30.2 Å². The Kier molecular flexibility index (Phi) is 39.6. The zero-order valence-electron chi connectivity index (χ0n) is 76.0. The van der Waals surface area contributed by atoms with E-state index in [0.717, 1.165) is 51.4 Å². The lowest BCUT2D eigenvalue weighted by molar-refractivity contribution is -0.146. The Hall–Kier alpha value is -10.0. The van der Waals surface area contributed by atoms with E-state index in [1.165, 1.54) is 28.9 Å². The molecule has 3 saturated carbocycles. The van der Waals surface area contributed by atoms with Gasteiger partial charge in [0.05, 0.1) is 23.7 Å². The Balaban J connectivity index is 0.000000250. The van der Waals surface area contributed by atoms with Crippen molar-refractivity contribution in [2.75, 3.05) is 61.3 Å². The number of methoxy groups -OCH3 is 2. The molecular formula is C88H129Cl2N13O26S2. The number of hydrogen-bond donors (Lipinski definition) is 13. The van der Waals surface area contributed by atoms with E-state index in [2.05, 4.69) is 42.5 Å². The van der Waals surface area contributed by atoms with E-state index in [0.29, 0.717) is 62.7 Å². The van der Waals surface area contributed by atoms with Crippen molar-refractivity contribution in [3.05, 3.63) is 97.1 Å².